The number of hydrogen-bond acceptors (Lipinski definition) is 8. The van der Waals surface area contributed by atoms with E-state index in [-0.39, 0.29) is 37.7 Å². The van der Waals surface area contributed by atoms with Crippen LogP contribution in [-0.2, 0) is 28.8 Å². The van der Waals surface area contributed by atoms with E-state index in [4.69, 9.17) is 17.2 Å². The molecule has 0 aliphatic rings. The Bertz CT molecular complexity index is 954. The van der Waals surface area contributed by atoms with Gasteiger partial charge in [0.15, 0.2) is 5.96 Å². The minimum absolute atomic E-state index is 0.0202. The van der Waals surface area contributed by atoms with Crippen molar-refractivity contribution in [3.05, 3.63) is 0 Å². The number of nitrogens with zero attached hydrogens (tertiary/aromatic N) is 1. The lowest BCUT2D eigenvalue weighted by Crippen LogP contribution is -2.59. The molecule has 16 nitrogen and oxygen atoms in total. The van der Waals surface area contributed by atoms with Crippen molar-refractivity contribution in [2.45, 2.75) is 96.9 Å². The van der Waals surface area contributed by atoms with Gasteiger partial charge in [0.05, 0.1) is 12.5 Å². The largest absolute Gasteiger partial charge is 0.481 e. The summed E-state index contributed by atoms with van der Waals surface area (Å²) in [7, 11) is 0. The van der Waals surface area contributed by atoms with Crippen LogP contribution in [0.5, 0.6) is 0 Å². The quantitative estimate of drug-likeness (QED) is 0.0452. The second-order valence-electron chi connectivity index (χ2n) is 10.1. The molecule has 4 amide bonds. The summed E-state index contributed by atoms with van der Waals surface area (Å²) >= 11 is 0. The molecule has 0 aromatic carbocycles. The molecule has 0 aromatic heterocycles. The van der Waals surface area contributed by atoms with Crippen molar-refractivity contribution in [1.29, 1.82) is 0 Å². The molecule has 0 rings (SSSR count). The summed E-state index contributed by atoms with van der Waals surface area (Å²) in [6, 6.07) is -6.16. The second-order valence-corrected chi connectivity index (χ2v) is 10.1. The molecule has 0 heterocycles. The molecule has 234 valence electrons. The van der Waals surface area contributed by atoms with Crippen molar-refractivity contribution in [3.63, 3.8) is 0 Å². The van der Waals surface area contributed by atoms with Crippen molar-refractivity contribution >= 4 is 41.5 Å². The fourth-order valence-corrected chi connectivity index (χ4v) is 3.60. The molecule has 0 saturated heterocycles. The first-order valence-electron chi connectivity index (χ1n) is 13.5. The molecular formula is C25H46N8O8. The predicted octanol–water partition coefficient (Wildman–Crippen LogP) is -2.02. The van der Waals surface area contributed by atoms with Gasteiger partial charge in [-0.3, -0.25) is 29.0 Å². The Morgan fingerprint density at radius 3 is 1.76 bits per heavy atom. The summed E-state index contributed by atoms with van der Waals surface area (Å²) in [4.78, 5) is 78.4. The zero-order valence-electron chi connectivity index (χ0n) is 24.3. The molecule has 0 saturated carbocycles. The topological polar surface area (TPSA) is 281 Å². The number of nitrogens with two attached hydrogens (primary N) is 3. The Kier molecular flexibility index (Phi) is 16.6. The standard InChI is InChI=1S/C25H46N8O8/c1-6-13(5)18(26)22(38)32-16(11-17(34)35)21(37)31-15(9-8-10-29-25(27)28)20(36)33-19(12(3)4)23(39)30-14(7-2)24(40)41/h12-16,18-19H,6-11,26H2,1-5H3,(H,30,39)(H,31,37)(H,32,38)(H,33,36)(H,34,35)(H,40,41)(H4,27,28,29)/t13-,14-,15-,16-,18-,19-/m0/s1. The third-order valence-electron chi connectivity index (χ3n) is 6.42. The summed E-state index contributed by atoms with van der Waals surface area (Å²) in [6.45, 7) is 8.50. The molecule has 0 fully saturated rings. The molecule has 0 bridgehead atoms. The number of carboxylic acids is 2. The van der Waals surface area contributed by atoms with Crippen molar-refractivity contribution in [2.24, 2.45) is 34.0 Å². The van der Waals surface area contributed by atoms with Gasteiger partial charge in [-0.2, -0.15) is 0 Å². The highest BCUT2D eigenvalue weighted by Gasteiger charge is 2.33. The predicted molar refractivity (Wildman–Crippen MR) is 150 cm³/mol. The molecule has 12 N–H and O–H groups in total. The van der Waals surface area contributed by atoms with Gasteiger partial charge in [-0.25, -0.2) is 4.79 Å². The van der Waals surface area contributed by atoms with Crippen LogP contribution in [0, 0.1) is 11.8 Å². The van der Waals surface area contributed by atoms with Gasteiger partial charge in [0.1, 0.15) is 24.2 Å². The fraction of sp³-hybridized carbons (Fsp3) is 0.720. The minimum atomic E-state index is -1.55. The van der Waals surface area contributed by atoms with Gasteiger partial charge >= 0.3 is 11.9 Å². The smallest absolute Gasteiger partial charge is 0.326 e. The number of hydrogen-bond donors (Lipinski definition) is 9. The van der Waals surface area contributed by atoms with E-state index in [0.29, 0.717) is 6.42 Å². The zero-order valence-corrected chi connectivity index (χ0v) is 24.3. The van der Waals surface area contributed by atoms with Crippen LogP contribution in [-0.4, -0.2) is 88.5 Å². The van der Waals surface area contributed by atoms with E-state index >= 15 is 0 Å². The molecule has 41 heavy (non-hydrogen) atoms. The molecule has 0 aliphatic heterocycles. The van der Waals surface area contributed by atoms with Crippen molar-refractivity contribution < 1.29 is 39.0 Å². The highest BCUT2D eigenvalue weighted by Crippen LogP contribution is 2.09. The molecule has 0 unspecified atom stereocenters. The van der Waals surface area contributed by atoms with Gasteiger partial charge < -0.3 is 48.7 Å². The Morgan fingerprint density at radius 2 is 1.29 bits per heavy atom. The fourth-order valence-electron chi connectivity index (χ4n) is 3.60. The number of rotatable bonds is 19. The third kappa shape index (κ3) is 13.8. The molecule has 0 aliphatic carbocycles. The van der Waals surface area contributed by atoms with Crippen molar-refractivity contribution in [2.75, 3.05) is 6.54 Å². The Morgan fingerprint density at radius 1 is 0.756 bits per heavy atom. The number of guanidine groups is 1. The Balaban J connectivity index is 5.95. The Hall–Kier alpha value is -3.95. The molecule has 16 heteroatoms. The third-order valence-corrected chi connectivity index (χ3v) is 6.42. The van der Waals surface area contributed by atoms with E-state index in [2.05, 4.69) is 26.3 Å². The highest BCUT2D eigenvalue weighted by molar-refractivity contribution is 5.96. The number of amides is 4. The average Bonchev–Trinajstić information content (AvgIpc) is 2.89. The molecule has 6 atom stereocenters. The van der Waals surface area contributed by atoms with Crippen LogP contribution in [0.4, 0.5) is 0 Å². The summed E-state index contributed by atoms with van der Waals surface area (Å²) in [6.07, 6.45) is 0.0884. The maximum atomic E-state index is 13.3. The van der Waals surface area contributed by atoms with E-state index < -0.39 is 78.1 Å². The van der Waals surface area contributed by atoms with Crippen LogP contribution in [0.1, 0.15) is 66.7 Å². The first-order valence-corrected chi connectivity index (χ1v) is 13.5. The van der Waals surface area contributed by atoms with Gasteiger partial charge in [0.2, 0.25) is 23.6 Å². The number of carbonyl (C=O) groups excluding carboxylic acids is 4. The van der Waals surface area contributed by atoms with Gasteiger partial charge in [-0.15, -0.1) is 0 Å². The van der Waals surface area contributed by atoms with Crippen molar-refractivity contribution in [1.82, 2.24) is 21.3 Å². The maximum Gasteiger partial charge on any atom is 0.326 e. The number of aliphatic imine (C=N–C) groups is 1. The van der Waals surface area contributed by atoms with Gasteiger partial charge in [0.25, 0.3) is 0 Å². The summed E-state index contributed by atoms with van der Waals surface area (Å²) < 4.78 is 0. The number of carboxylic acid groups (broad SMARTS) is 2. The van der Waals surface area contributed by atoms with E-state index in [1.807, 2.05) is 6.92 Å². The lowest BCUT2D eigenvalue weighted by Gasteiger charge is -2.27. The SMILES string of the molecule is CC[C@H](NC(=O)[C@@H](NC(=O)[C@H](CCCN=C(N)N)NC(=O)[C@H](CC(=O)O)NC(=O)[C@@H](N)[C@@H](C)CC)C(C)C)C(=O)O. The second kappa shape index (κ2) is 18.4. The minimum Gasteiger partial charge on any atom is -0.481 e. The van der Waals surface area contributed by atoms with Crippen LogP contribution in [0.15, 0.2) is 4.99 Å². The lowest BCUT2D eigenvalue weighted by atomic mass is 9.98. The molecule has 0 spiro atoms. The van der Waals surface area contributed by atoms with E-state index in [1.54, 1.807) is 27.7 Å². The van der Waals surface area contributed by atoms with E-state index in [0.717, 1.165) is 0 Å². The van der Waals surface area contributed by atoms with E-state index in [1.165, 1.54) is 0 Å². The van der Waals surface area contributed by atoms with E-state index in [9.17, 15) is 39.0 Å². The maximum absolute atomic E-state index is 13.3. The van der Waals surface area contributed by atoms with Gasteiger partial charge in [0, 0.05) is 6.54 Å². The van der Waals surface area contributed by atoms with Gasteiger partial charge in [-0.05, 0) is 31.1 Å². The summed E-state index contributed by atoms with van der Waals surface area (Å²) in [5, 5.41) is 28.3. The average molecular weight is 587 g/mol. The molecule has 0 aromatic rings. The van der Waals surface area contributed by atoms with Crippen LogP contribution in [0.25, 0.3) is 0 Å². The highest BCUT2D eigenvalue weighted by atomic mass is 16.4. The first-order chi connectivity index (χ1) is 19.0. The monoisotopic (exact) mass is 586 g/mol. The normalized spacial score (nSPS) is 15.3. The Labute approximate surface area is 239 Å². The lowest BCUT2D eigenvalue weighted by molar-refractivity contribution is -0.142. The molecule has 0 radical (unpaired) electrons. The van der Waals surface area contributed by atoms with Crippen molar-refractivity contribution in [3.8, 4) is 0 Å². The number of aliphatic carboxylic acids is 2. The van der Waals surface area contributed by atoms with Crippen LogP contribution < -0.4 is 38.5 Å². The van der Waals surface area contributed by atoms with Crippen LogP contribution in [0.3, 0.4) is 0 Å². The number of nitrogens with one attached hydrogen (secondary N) is 4. The summed E-state index contributed by atoms with van der Waals surface area (Å²) in [5.74, 6) is -6.72. The molecular weight excluding hydrogens is 540 g/mol. The summed E-state index contributed by atoms with van der Waals surface area (Å²) in [5.41, 5.74) is 16.6. The van der Waals surface area contributed by atoms with Gasteiger partial charge in [-0.1, -0.05) is 41.0 Å². The zero-order chi connectivity index (χ0) is 31.9. The number of carbonyl (C=O) groups is 6. The van der Waals surface area contributed by atoms with Crippen LogP contribution in [0.2, 0.25) is 0 Å². The van der Waals surface area contributed by atoms with Crippen LogP contribution >= 0.6 is 0 Å². The first kappa shape index (κ1) is 37.0.